The summed E-state index contributed by atoms with van der Waals surface area (Å²) in [5.74, 6) is -0.00401. The standard InChI is InChI=1S/C23H30N2O2/c1-3-27-23(26)20-12-7-16-25(18-20)17-8-13-21(19-10-5-4-6-11-19)22-14-9-15-24(22)2/h4-6,9-11,13-15,20H,3,7-8,12,16-18H2,1-2H3/b21-13+/t20-/m1/s1. The quantitative estimate of drug-likeness (QED) is 0.691. The summed E-state index contributed by atoms with van der Waals surface area (Å²) in [7, 11) is 2.08. The van der Waals surface area contributed by atoms with E-state index in [0.717, 1.165) is 38.9 Å². The van der Waals surface area contributed by atoms with Crippen LogP contribution in [0.2, 0.25) is 0 Å². The fourth-order valence-corrected chi connectivity index (χ4v) is 3.83. The number of likely N-dealkylation sites (tertiary alicyclic amines) is 1. The second-order valence-electron chi connectivity index (χ2n) is 7.17. The average Bonchev–Trinajstić information content (AvgIpc) is 3.12. The topological polar surface area (TPSA) is 34.5 Å². The number of esters is 1. The third-order valence-electron chi connectivity index (χ3n) is 5.22. The molecule has 1 atom stereocenters. The summed E-state index contributed by atoms with van der Waals surface area (Å²) in [6.45, 7) is 5.19. The van der Waals surface area contributed by atoms with Crippen molar-refractivity contribution < 1.29 is 9.53 Å². The van der Waals surface area contributed by atoms with Crippen LogP contribution in [0.25, 0.3) is 5.57 Å². The van der Waals surface area contributed by atoms with E-state index < -0.39 is 0 Å². The molecule has 0 aliphatic carbocycles. The van der Waals surface area contributed by atoms with Gasteiger partial charge in [0.15, 0.2) is 0 Å². The smallest absolute Gasteiger partial charge is 0.310 e. The zero-order valence-electron chi connectivity index (χ0n) is 16.4. The number of hydrogen-bond donors (Lipinski definition) is 0. The van der Waals surface area contributed by atoms with Crippen LogP contribution in [0, 0.1) is 5.92 Å². The maximum atomic E-state index is 12.0. The van der Waals surface area contributed by atoms with Crippen LogP contribution in [0.15, 0.2) is 54.7 Å². The number of rotatable bonds is 7. The summed E-state index contributed by atoms with van der Waals surface area (Å²) in [4.78, 5) is 14.4. The maximum absolute atomic E-state index is 12.0. The first-order valence-electron chi connectivity index (χ1n) is 9.95. The average molecular weight is 367 g/mol. The second-order valence-corrected chi connectivity index (χ2v) is 7.17. The zero-order valence-corrected chi connectivity index (χ0v) is 16.4. The fourth-order valence-electron chi connectivity index (χ4n) is 3.83. The van der Waals surface area contributed by atoms with Crippen molar-refractivity contribution in [1.82, 2.24) is 9.47 Å². The van der Waals surface area contributed by atoms with Gasteiger partial charge in [-0.1, -0.05) is 36.4 Å². The number of carbonyl (C=O) groups excluding carboxylic acids is 1. The van der Waals surface area contributed by atoms with Gasteiger partial charge >= 0.3 is 5.97 Å². The lowest BCUT2D eigenvalue weighted by Gasteiger charge is -2.31. The molecule has 4 heteroatoms. The van der Waals surface area contributed by atoms with Crippen molar-refractivity contribution in [3.63, 3.8) is 0 Å². The van der Waals surface area contributed by atoms with Gasteiger partial charge in [-0.2, -0.15) is 0 Å². The lowest BCUT2D eigenvalue weighted by Crippen LogP contribution is -2.39. The molecule has 0 N–H and O–H groups in total. The van der Waals surface area contributed by atoms with Gasteiger partial charge in [0.1, 0.15) is 0 Å². The van der Waals surface area contributed by atoms with Crippen LogP contribution in [-0.4, -0.2) is 41.7 Å². The molecular formula is C23H30N2O2. The molecule has 1 aliphatic heterocycles. The highest BCUT2D eigenvalue weighted by Crippen LogP contribution is 2.24. The molecular weight excluding hydrogens is 336 g/mol. The van der Waals surface area contributed by atoms with Gasteiger partial charge in [0.05, 0.1) is 12.5 Å². The van der Waals surface area contributed by atoms with Crippen LogP contribution >= 0.6 is 0 Å². The summed E-state index contributed by atoms with van der Waals surface area (Å²) >= 11 is 0. The maximum Gasteiger partial charge on any atom is 0.310 e. The highest BCUT2D eigenvalue weighted by molar-refractivity contribution is 5.78. The van der Waals surface area contributed by atoms with Crippen molar-refractivity contribution in [2.24, 2.45) is 13.0 Å². The first kappa shape index (κ1) is 19.4. The van der Waals surface area contributed by atoms with Crippen molar-refractivity contribution in [3.05, 3.63) is 66.0 Å². The predicted molar refractivity (Wildman–Crippen MR) is 109 cm³/mol. The first-order valence-corrected chi connectivity index (χ1v) is 9.95. The molecule has 4 nitrogen and oxygen atoms in total. The van der Waals surface area contributed by atoms with Gasteiger partial charge in [-0.15, -0.1) is 0 Å². The van der Waals surface area contributed by atoms with Crippen molar-refractivity contribution in [2.45, 2.75) is 26.2 Å². The Labute approximate surface area is 162 Å². The fraction of sp³-hybridized carbons (Fsp3) is 0.435. The Hall–Kier alpha value is -2.33. The number of nitrogens with zero attached hydrogens (tertiary/aromatic N) is 2. The molecule has 1 aromatic carbocycles. The van der Waals surface area contributed by atoms with Crippen LogP contribution in [0.5, 0.6) is 0 Å². The Balaban J connectivity index is 1.67. The number of ether oxygens (including phenoxy) is 1. The van der Waals surface area contributed by atoms with Crippen LogP contribution in [0.3, 0.4) is 0 Å². The van der Waals surface area contributed by atoms with Gasteiger partial charge in [0, 0.05) is 37.6 Å². The highest BCUT2D eigenvalue weighted by atomic mass is 16.5. The minimum Gasteiger partial charge on any atom is -0.466 e. The van der Waals surface area contributed by atoms with Crippen LogP contribution < -0.4 is 0 Å². The molecule has 2 aromatic rings. The summed E-state index contributed by atoms with van der Waals surface area (Å²) in [5.41, 5.74) is 3.73. The number of benzene rings is 1. The normalized spacial score (nSPS) is 18.4. The summed E-state index contributed by atoms with van der Waals surface area (Å²) in [6, 6.07) is 14.8. The van der Waals surface area contributed by atoms with Gasteiger partial charge in [-0.3, -0.25) is 4.79 Å². The molecule has 0 spiro atoms. The lowest BCUT2D eigenvalue weighted by molar-refractivity contribution is -0.149. The van der Waals surface area contributed by atoms with E-state index in [1.54, 1.807) is 0 Å². The van der Waals surface area contributed by atoms with E-state index in [-0.39, 0.29) is 11.9 Å². The van der Waals surface area contributed by atoms with Crippen LogP contribution in [0.4, 0.5) is 0 Å². The number of carbonyl (C=O) groups is 1. The van der Waals surface area contributed by atoms with E-state index in [0.29, 0.717) is 6.61 Å². The number of aromatic nitrogens is 1. The molecule has 0 amide bonds. The van der Waals surface area contributed by atoms with Gasteiger partial charge in [0.2, 0.25) is 0 Å². The largest absolute Gasteiger partial charge is 0.466 e. The molecule has 0 radical (unpaired) electrons. The van der Waals surface area contributed by atoms with Crippen molar-refractivity contribution in [2.75, 3.05) is 26.2 Å². The van der Waals surface area contributed by atoms with E-state index in [1.165, 1.54) is 16.8 Å². The van der Waals surface area contributed by atoms with E-state index in [9.17, 15) is 4.79 Å². The van der Waals surface area contributed by atoms with Gasteiger partial charge < -0.3 is 14.2 Å². The number of aryl methyl sites for hydroxylation is 1. The monoisotopic (exact) mass is 366 g/mol. The van der Waals surface area contributed by atoms with Gasteiger partial charge in [-0.25, -0.2) is 0 Å². The molecule has 0 bridgehead atoms. The highest BCUT2D eigenvalue weighted by Gasteiger charge is 2.26. The Morgan fingerprint density at radius 1 is 1.22 bits per heavy atom. The molecule has 27 heavy (non-hydrogen) atoms. The zero-order chi connectivity index (χ0) is 19.1. The lowest BCUT2D eigenvalue weighted by atomic mass is 9.97. The Morgan fingerprint density at radius 2 is 2.04 bits per heavy atom. The molecule has 1 fully saturated rings. The molecule has 144 valence electrons. The number of hydrogen-bond acceptors (Lipinski definition) is 3. The Morgan fingerprint density at radius 3 is 2.74 bits per heavy atom. The van der Waals surface area contributed by atoms with Gasteiger partial charge in [0.25, 0.3) is 0 Å². The van der Waals surface area contributed by atoms with E-state index >= 15 is 0 Å². The van der Waals surface area contributed by atoms with E-state index in [4.69, 9.17) is 4.74 Å². The predicted octanol–water partition coefficient (Wildman–Crippen LogP) is 4.12. The minimum absolute atomic E-state index is 0.0316. The van der Waals surface area contributed by atoms with Gasteiger partial charge in [-0.05, 0) is 50.4 Å². The molecule has 0 saturated carbocycles. The molecule has 1 aliphatic rings. The third-order valence-corrected chi connectivity index (χ3v) is 5.22. The molecule has 1 aromatic heterocycles. The first-order chi connectivity index (χ1) is 13.2. The molecule has 3 rings (SSSR count). The number of piperidine rings is 1. The summed E-state index contributed by atoms with van der Waals surface area (Å²) in [6.07, 6.45) is 7.39. The van der Waals surface area contributed by atoms with Crippen LogP contribution in [0.1, 0.15) is 37.4 Å². The molecule has 1 saturated heterocycles. The van der Waals surface area contributed by atoms with Crippen molar-refractivity contribution in [3.8, 4) is 0 Å². The van der Waals surface area contributed by atoms with Crippen molar-refractivity contribution >= 4 is 11.5 Å². The van der Waals surface area contributed by atoms with Crippen molar-refractivity contribution in [1.29, 1.82) is 0 Å². The third kappa shape index (κ3) is 5.10. The van der Waals surface area contributed by atoms with Crippen LogP contribution in [-0.2, 0) is 16.6 Å². The van der Waals surface area contributed by atoms with E-state index in [1.807, 2.05) is 6.92 Å². The summed E-state index contributed by atoms with van der Waals surface area (Å²) in [5, 5.41) is 0. The SMILES string of the molecule is CCOC(=O)[C@@H]1CCCN(CC/C=C(\c2ccccc2)c2cccn2C)C1. The molecule has 0 unspecified atom stereocenters. The summed E-state index contributed by atoms with van der Waals surface area (Å²) < 4.78 is 7.38. The Kier molecular flexibility index (Phi) is 6.88. The minimum atomic E-state index is -0.0356. The molecule has 2 heterocycles. The van der Waals surface area contributed by atoms with E-state index in [2.05, 4.69) is 71.3 Å². The Bertz CT molecular complexity index is 764. The second kappa shape index (κ2) is 9.56.